The summed E-state index contributed by atoms with van der Waals surface area (Å²) in [4.78, 5) is 16.4. The van der Waals surface area contributed by atoms with Crippen LogP contribution in [-0.2, 0) is 4.74 Å². The van der Waals surface area contributed by atoms with Crippen LogP contribution in [0.1, 0.15) is 33.6 Å². The molecule has 1 aromatic carbocycles. The lowest BCUT2D eigenvalue weighted by Gasteiger charge is -2.37. The van der Waals surface area contributed by atoms with E-state index in [9.17, 15) is 9.18 Å². The van der Waals surface area contributed by atoms with Crippen molar-refractivity contribution in [1.29, 1.82) is 0 Å². The van der Waals surface area contributed by atoms with E-state index in [1.165, 1.54) is 0 Å². The average Bonchev–Trinajstić information content (AvgIpc) is 2.55. The Balaban J connectivity index is 2.00. The number of rotatable bonds is 5. The Morgan fingerprint density at radius 2 is 2.04 bits per heavy atom. The molecule has 0 aromatic heterocycles. The molecule has 7 heteroatoms. The summed E-state index contributed by atoms with van der Waals surface area (Å²) in [5.41, 5.74) is 7.49. The smallest absolute Gasteiger partial charge is 0.412 e. The van der Waals surface area contributed by atoms with Gasteiger partial charge in [-0.15, -0.1) is 0 Å². The number of nitrogen functional groups attached to an aromatic ring is 1. The van der Waals surface area contributed by atoms with Crippen LogP contribution in [0, 0.1) is 0 Å². The van der Waals surface area contributed by atoms with Gasteiger partial charge in [0, 0.05) is 31.4 Å². The first-order chi connectivity index (χ1) is 12.2. The van der Waals surface area contributed by atoms with Crippen LogP contribution >= 0.6 is 0 Å². The Bertz CT molecular complexity index is 610. The van der Waals surface area contributed by atoms with Gasteiger partial charge in [-0.1, -0.05) is 0 Å². The predicted octanol–water partition coefficient (Wildman–Crippen LogP) is 3.49. The van der Waals surface area contributed by atoms with Crippen LogP contribution in [-0.4, -0.2) is 56.0 Å². The van der Waals surface area contributed by atoms with Gasteiger partial charge in [-0.25, -0.2) is 9.18 Å². The van der Waals surface area contributed by atoms with Crippen molar-refractivity contribution in [3.05, 3.63) is 18.2 Å². The second kappa shape index (κ2) is 8.58. The molecule has 1 aliphatic heterocycles. The lowest BCUT2D eigenvalue weighted by atomic mass is 10.0. The third kappa shape index (κ3) is 5.76. The van der Waals surface area contributed by atoms with E-state index < -0.39 is 11.7 Å². The van der Waals surface area contributed by atoms with Crippen molar-refractivity contribution < 1.29 is 13.9 Å². The van der Waals surface area contributed by atoms with Crippen molar-refractivity contribution >= 4 is 23.2 Å². The number of nitrogens with two attached hydrogens (primary N) is 1. The molecule has 0 bridgehead atoms. The van der Waals surface area contributed by atoms with E-state index in [2.05, 4.69) is 15.1 Å². The van der Waals surface area contributed by atoms with Crippen LogP contribution in [0.25, 0.3) is 0 Å². The Hall–Kier alpha value is -2.02. The zero-order valence-electron chi connectivity index (χ0n) is 16.2. The van der Waals surface area contributed by atoms with E-state index in [0.29, 0.717) is 24.0 Å². The van der Waals surface area contributed by atoms with E-state index in [0.717, 1.165) is 31.6 Å². The van der Waals surface area contributed by atoms with Crippen LogP contribution < -0.4 is 16.0 Å². The summed E-state index contributed by atoms with van der Waals surface area (Å²) in [6, 6.07) is 6.05. The van der Waals surface area contributed by atoms with Gasteiger partial charge in [-0.3, -0.25) is 5.32 Å². The highest BCUT2D eigenvalue weighted by molar-refractivity contribution is 5.90. The van der Waals surface area contributed by atoms with Crippen molar-refractivity contribution in [3.8, 4) is 0 Å². The number of amides is 1. The van der Waals surface area contributed by atoms with Crippen LogP contribution in [0.4, 0.5) is 26.2 Å². The number of ether oxygens (including phenoxy) is 1. The molecule has 6 nitrogen and oxygen atoms in total. The number of hydrogen-bond donors (Lipinski definition) is 2. The fourth-order valence-electron chi connectivity index (χ4n) is 3.14. The lowest BCUT2D eigenvalue weighted by molar-refractivity contribution is 0.0636. The molecule has 1 fully saturated rings. The second-order valence-corrected chi connectivity index (χ2v) is 7.79. The minimum absolute atomic E-state index is 0.311. The Morgan fingerprint density at radius 1 is 1.38 bits per heavy atom. The van der Waals surface area contributed by atoms with Crippen LogP contribution in [0.15, 0.2) is 18.2 Å². The summed E-state index contributed by atoms with van der Waals surface area (Å²) in [6.45, 7) is 7.39. The molecule has 0 radical (unpaired) electrons. The number of carbonyl (C=O) groups excluding carboxylic acids is 1. The lowest BCUT2D eigenvalue weighted by Crippen LogP contribution is -2.44. The highest BCUT2D eigenvalue weighted by atomic mass is 19.1. The molecule has 1 saturated heterocycles. The van der Waals surface area contributed by atoms with Crippen molar-refractivity contribution in [2.45, 2.75) is 45.3 Å². The first-order valence-electron chi connectivity index (χ1n) is 9.10. The molecule has 0 saturated carbocycles. The molecule has 1 aliphatic rings. The molecule has 2 rings (SSSR count). The molecule has 1 aromatic rings. The molecule has 1 amide bonds. The Kier molecular flexibility index (Phi) is 6.69. The van der Waals surface area contributed by atoms with Crippen molar-refractivity contribution in [2.24, 2.45) is 0 Å². The average molecular weight is 366 g/mol. The fourth-order valence-corrected chi connectivity index (χ4v) is 3.14. The van der Waals surface area contributed by atoms with Gasteiger partial charge in [0.05, 0.1) is 11.4 Å². The number of alkyl halides is 1. The number of halogens is 1. The zero-order valence-corrected chi connectivity index (χ0v) is 16.2. The fraction of sp³-hybridized carbons (Fsp3) is 0.632. The maximum Gasteiger partial charge on any atom is 0.412 e. The third-order valence-corrected chi connectivity index (χ3v) is 4.56. The summed E-state index contributed by atoms with van der Waals surface area (Å²) in [6.07, 6.45) is 1.44. The number of nitrogens with zero attached hydrogens (tertiary/aromatic N) is 2. The molecule has 26 heavy (non-hydrogen) atoms. The predicted molar refractivity (Wildman–Crippen MR) is 105 cm³/mol. The molecular formula is C19H31FN4O2. The van der Waals surface area contributed by atoms with Crippen LogP contribution in [0.3, 0.4) is 0 Å². The zero-order chi connectivity index (χ0) is 19.3. The van der Waals surface area contributed by atoms with Gasteiger partial charge < -0.3 is 20.3 Å². The number of benzene rings is 1. The van der Waals surface area contributed by atoms with Gasteiger partial charge in [0.2, 0.25) is 0 Å². The van der Waals surface area contributed by atoms with E-state index in [1.54, 1.807) is 6.07 Å². The Morgan fingerprint density at radius 3 is 2.62 bits per heavy atom. The van der Waals surface area contributed by atoms with Crippen LogP contribution in [0.5, 0.6) is 0 Å². The largest absolute Gasteiger partial charge is 0.444 e. The number of carbonyl (C=O) groups is 1. The number of piperidine rings is 1. The molecule has 0 aliphatic carbocycles. The molecule has 0 unspecified atom stereocenters. The molecule has 146 valence electrons. The van der Waals surface area contributed by atoms with Crippen LogP contribution in [0.2, 0.25) is 0 Å². The third-order valence-electron chi connectivity index (χ3n) is 4.56. The minimum Gasteiger partial charge on any atom is -0.444 e. The van der Waals surface area contributed by atoms with Gasteiger partial charge in [0.25, 0.3) is 0 Å². The van der Waals surface area contributed by atoms with E-state index >= 15 is 0 Å². The van der Waals surface area contributed by atoms with Crippen molar-refractivity contribution in [1.82, 2.24) is 4.90 Å². The number of hydrogen-bond acceptors (Lipinski definition) is 5. The summed E-state index contributed by atoms with van der Waals surface area (Å²) in [7, 11) is 1.98. The quantitative estimate of drug-likeness (QED) is 0.781. The van der Waals surface area contributed by atoms with Gasteiger partial charge in [-0.05, 0) is 58.9 Å². The number of nitrogens with one attached hydrogen (secondary N) is 1. The van der Waals surface area contributed by atoms with Crippen molar-refractivity contribution in [2.75, 3.05) is 49.3 Å². The highest BCUT2D eigenvalue weighted by Gasteiger charge is 2.23. The van der Waals surface area contributed by atoms with Gasteiger partial charge in [-0.2, -0.15) is 0 Å². The topological polar surface area (TPSA) is 70.8 Å². The minimum atomic E-state index is -0.566. The van der Waals surface area contributed by atoms with Gasteiger partial charge in [0.15, 0.2) is 0 Å². The summed E-state index contributed by atoms with van der Waals surface area (Å²) < 4.78 is 17.8. The Labute approximate surface area is 155 Å². The van der Waals surface area contributed by atoms with Gasteiger partial charge >= 0.3 is 6.09 Å². The van der Waals surface area contributed by atoms with E-state index in [1.807, 2.05) is 40.0 Å². The maximum absolute atomic E-state index is 12.5. The summed E-state index contributed by atoms with van der Waals surface area (Å²) in [5, 5.41) is 2.73. The second-order valence-electron chi connectivity index (χ2n) is 7.79. The molecule has 1 heterocycles. The monoisotopic (exact) mass is 366 g/mol. The van der Waals surface area contributed by atoms with E-state index in [4.69, 9.17) is 10.5 Å². The first-order valence-corrected chi connectivity index (χ1v) is 9.10. The standard InChI is InChI=1S/C19H31FN4O2/c1-19(2,3)26-18(25)22-17-13-15(5-6-16(17)21)24-10-7-14(8-11-24)23(4)12-9-20/h5-6,13-14H,7-12,21H2,1-4H3,(H,22,25). The molecule has 3 N–H and O–H groups in total. The summed E-state index contributed by atoms with van der Waals surface area (Å²) in [5.74, 6) is 0. The first kappa shape index (κ1) is 20.3. The number of anilines is 3. The molecule has 0 atom stereocenters. The highest BCUT2D eigenvalue weighted by Crippen LogP contribution is 2.29. The maximum atomic E-state index is 12.5. The summed E-state index contributed by atoms with van der Waals surface area (Å²) >= 11 is 0. The van der Waals surface area contributed by atoms with E-state index in [-0.39, 0.29) is 6.67 Å². The van der Waals surface area contributed by atoms with Crippen molar-refractivity contribution in [3.63, 3.8) is 0 Å². The van der Waals surface area contributed by atoms with Gasteiger partial charge in [0.1, 0.15) is 12.3 Å². The normalized spacial score (nSPS) is 16.0. The SMILES string of the molecule is CN(CCF)C1CCN(c2ccc(N)c(NC(=O)OC(C)(C)C)c2)CC1. The molecular weight excluding hydrogens is 335 g/mol. The molecule has 0 spiro atoms.